The number of rotatable bonds is 5. The van der Waals surface area contributed by atoms with E-state index in [1.54, 1.807) is 0 Å². The van der Waals surface area contributed by atoms with Crippen LogP contribution in [0.2, 0.25) is 0 Å². The maximum atomic E-state index is 5.79. The quantitative estimate of drug-likeness (QED) is 0.640. The molecule has 0 aromatic heterocycles. The second-order valence-corrected chi connectivity index (χ2v) is 4.59. The van der Waals surface area contributed by atoms with Gasteiger partial charge in [-0.25, -0.2) is 0 Å². The van der Waals surface area contributed by atoms with Crippen molar-refractivity contribution in [2.24, 2.45) is 5.92 Å². The number of hydrogen-bond donors (Lipinski definition) is 2. The molecule has 14 heavy (non-hydrogen) atoms. The van der Waals surface area contributed by atoms with Crippen LogP contribution >= 0.6 is 0 Å². The van der Waals surface area contributed by atoms with E-state index in [0.717, 1.165) is 38.2 Å². The van der Waals surface area contributed by atoms with Gasteiger partial charge in [-0.2, -0.15) is 0 Å². The van der Waals surface area contributed by atoms with Gasteiger partial charge in [-0.15, -0.1) is 0 Å². The van der Waals surface area contributed by atoms with E-state index >= 15 is 0 Å². The van der Waals surface area contributed by atoms with E-state index in [1.165, 1.54) is 19.3 Å². The van der Waals surface area contributed by atoms with E-state index in [2.05, 4.69) is 17.6 Å². The molecule has 2 aliphatic rings. The third kappa shape index (κ3) is 3.23. The molecule has 1 heterocycles. The molecule has 3 heteroatoms. The Morgan fingerprint density at radius 1 is 1.36 bits per heavy atom. The summed E-state index contributed by atoms with van der Waals surface area (Å²) in [7, 11) is 0. The maximum Gasteiger partial charge on any atom is 0.0600 e. The molecule has 1 aliphatic carbocycles. The van der Waals surface area contributed by atoms with Gasteiger partial charge in [0.05, 0.1) is 12.7 Å². The van der Waals surface area contributed by atoms with Gasteiger partial charge in [0.2, 0.25) is 0 Å². The molecule has 1 saturated carbocycles. The van der Waals surface area contributed by atoms with Crippen molar-refractivity contribution in [3.63, 3.8) is 0 Å². The summed E-state index contributed by atoms with van der Waals surface area (Å²) in [5.41, 5.74) is 0. The lowest BCUT2D eigenvalue weighted by Gasteiger charge is -2.22. The first-order valence-electron chi connectivity index (χ1n) is 5.92. The largest absolute Gasteiger partial charge is 0.377 e. The molecule has 0 aromatic rings. The highest BCUT2D eigenvalue weighted by molar-refractivity contribution is 4.89. The van der Waals surface area contributed by atoms with Crippen molar-refractivity contribution >= 4 is 0 Å². The molecule has 2 N–H and O–H groups in total. The van der Waals surface area contributed by atoms with E-state index in [4.69, 9.17) is 4.74 Å². The van der Waals surface area contributed by atoms with Crippen molar-refractivity contribution in [1.82, 2.24) is 10.6 Å². The number of piperidine rings is 1. The zero-order chi connectivity index (χ0) is 9.80. The molecule has 1 aliphatic heterocycles. The van der Waals surface area contributed by atoms with Crippen molar-refractivity contribution in [2.75, 3.05) is 26.2 Å². The molecule has 0 amide bonds. The topological polar surface area (TPSA) is 33.3 Å². The van der Waals surface area contributed by atoms with Crippen LogP contribution in [-0.4, -0.2) is 38.4 Å². The molecule has 0 spiro atoms. The molecule has 3 nitrogen and oxygen atoms in total. The number of ether oxygens (including phenoxy) is 1. The van der Waals surface area contributed by atoms with Gasteiger partial charge in [-0.05, 0) is 38.3 Å². The van der Waals surface area contributed by atoms with E-state index in [0.29, 0.717) is 6.10 Å². The summed E-state index contributed by atoms with van der Waals surface area (Å²) in [5.74, 6) is 0.897. The molecule has 2 atom stereocenters. The Kier molecular flexibility index (Phi) is 3.79. The Labute approximate surface area is 86.6 Å². The Morgan fingerprint density at radius 3 is 2.71 bits per heavy atom. The van der Waals surface area contributed by atoms with Crippen molar-refractivity contribution in [3.05, 3.63) is 0 Å². The van der Waals surface area contributed by atoms with Crippen molar-refractivity contribution in [2.45, 2.75) is 38.3 Å². The first-order chi connectivity index (χ1) is 6.86. The van der Waals surface area contributed by atoms with Crippen LogP contribution < -0.4 is 10.6 Å². The second kappa shape index (κ2) is 5.10. The van der Waals surface area contributed by atoms with Crippen molar-refractivity contribution in [3.8, 4) is 0 Å². The van der Waals surface area contributed by atoms with Gasteiger partial charge in [0.15, 0.2) is 0 Å². The Hall–Kier alpha value is -0.120. The molecule has 0 aromatic carbocycles. The van der Waals surface area contributed by atoms with Crippen LogP contribution in [0.15, 0.2) is 0 Å². The molecular weight excluding hydrogens is 176 g/mol. The van der Waals surface area contributed by atoms with E-state index in [9.17, 15) is 0 Å². The highest BCUT2D eigenvalue weighted by atomic mass is 16.5. The summed E-state index contributed by atoms with van der Waals surface area (Å²) >= 11 is 0. The van der Waals surface area contributed by atoms with E-state index in [-0.39, 0.29) is 0 Å². The van der Waals surface area contributed by atoms with Gasteiger partial charge in [0.1, 0.15) is 0 Å². The second-order valence-electron chi connectivity index (χ2n) is 4.59. The van der Waals surface area contributed by atoms with Gasteiger partial charge in [-0.3, -0.25) is 0 Å². The third-order valence-corrected chi connectivity index (χ3v) is 3.26. The van der Waals surface area contributed by atoms with Gasteiger partial charge >= 0.3 is 0 Å². The lowest BCUT2D eigenvalue weighted by Crippen LogP contribution is -2.34. The van der Waals surface area contributed by atoms with Gasteiger partial charge in [-0.1, -0.05) is 6.92 Å². The fraction of sp³-hybridized carbons (Fsp3) is 1.00. The predicted octanol–water partition coefficient (Wildman–Crippen LogP) is 0.753. The van der Waals surface area contributed by atoms with Crippen LogP contribution in [0.4, 0.5) is 0 Å². The van der Waals surface area contributed by atoms with Crippen LogP contribution in [0.5, 0.6) is 0 Å². The van der Waals surface area contributed by atoms with Gasteiger partial charge in [0.25, 0.3) is 0 Å². The van der Waals surface area contributed by atoms with Crippen LogP contribution in [-0.2, 0) is 4.74 Å². The summed E-state index contributed by atoms with van der Waals surface area (Å²) in [5, 5.41) is 6.85. The standard InChI is InChI=1S/C11H22N2O/c1-9-8-11(9)13-6-7-14-10-2-4-12-5-3-10/h9-13H,2-8H2,1H3. The monoisotopic (exact) mass is 198 g/mol. The van der Waals surface area contributed by atoms with Crippen LogP contribution in [0.25, 0.3) is 0 Å². The van der Waals surface area contributed by atoms with Crippen molar-refractivity contribution < 1.29 is 4.74 Å². The van der Waals surface area contributed by atoms with Gasteiger partial charge in [0, 0.05) is 12.6 Å². The Morgan fingerprint density at radius 2 is 2.07 bits per heavy atom. The van der Waals surface area contributed by atoms with Gasteiger partial charge < -0.3 is 15.4 Å². The zero-order valence-corrected chi connectivity index (χ0v) is 9.09. The average molecular weight is 198 g/mol. The summed E-state index contributed by atoms with van der Waals surface area (Å²) < 4.78 is 5.79. The molecule has 2 rings (SSSR count). The predicted molar refractivity (Wildman–Crippen MR) is 57.4 cm³/mol. The molecule has 82 valence electrons. The average Bonchev–Trinajstić information content (AvgIpc) is 2.91. The van der Waals surface area contributed by atoms with Crippen LogP contribution in [0.3, 0.4) is 0 Å². The highest BCUT2D eigenvalue weighted by Gasteiger charge is 2.31. The highest BCUT2D eigenvalue weighted by Crippen LogP contribution is 2.28. The lowest BCUT2D eigenvalue weighted by molar-refractivity contribution is 0.0346. The Balaban J connectivity index is 1.45. The smallest absolute Gasteiger partial charge is 0.0600 e. The summed E-state index contributed by atoms with van der Waals surface area (Å²) in [6.45, 7) is 6.45. The summed E-state index contributed by atoms with van der Waals surface area (Å²) in [6, 6.07) is 0.784. The minimum Gasteiger partial charge on any atom is -0.377 e. The maximum absolute atomic E-state index is 5.79. The molecule has 2 unspecified atom stereocenters. The van der Waals surface area contributed by atoms with Crippen LogP contribution in [0, 0.1) is 5.92 Å². The third-order valence-electron chi connectivity index (χ3n) is 3.26. The molecule has 0 radical (unpaired) electrons. The molecule has 2 fully saturated rings. The fourth-order valence-corrected chi connectivity index (χ4v) is 2.04. The number of hydrogen-bond acceptors (Lipinski definition) is 3. The first-order valence-corrected chi connectivity index (χ1v) is 5.92. The summed E-state index contributed by atoms with van der Waals surface area (Å²) in [4.78, 5) is 0. The number of nitrogens with one attached hydrogen (secondary N) is 2. The summed E-state index contributed by atoms with van der Waals surface area (Å²) in [6.07, 6.45) is 4.22. The molecular formula is C11H22N2O. The SMILES string of the molecule is CC1CC1NCCOC1CCNCC1. The normalized spacial score (nSPS) is 33.2. The minimum atomic E-state index is 0.509. The molecule has 0 bridgehead atoms. The zero-order valence-electron chi connectivity index (χ0n) is 9.09. The minimum absolute atomic E-state index is 0.509. The van der Waals surface area contributed by atoms with E-state index in [1.807, 2.05) is 0 Å². The molecule has 1 saturated heterocycles. The Bertz CT molecular complexity index is 169. The fourth-order valence-electron chi connectivity index (χ4n) is 2.04. The first kappa shape index (κ1) is 10.4. The van der Waals surface area contributed by atoms with Crippen LogP contribution in [0.1, 0.15) is 26.2 Å². The lowest BCUT2D eigenvalue weighted by atomic mass is 10.1. The van der Waals surface area contributed by atoms with Crippen molar-refractivity contribution in [1.29, 1.82) is 0 Å². The van der Waals surface area contributed by atoms with E-state index < -0.39 is 0 Å².